The number of aliphatic carboxylic acids is 1. The van der Waals surface area contributed by atoms with E-state index in [2.05, 4.69) is 0 Å². The van der Waals surface area contributed by atoms with E-state index < -0.39 is 10.7 Å². The van der Waals surface area contributed by atoms with Crippen molar-refractivity contribution in [2.24, 2.45) is 5.92 Å². The first-order valence-electron chi connectivity index (χ1n) is 4.62. The van der Waals surface area contributed by atoms with Crippen molar-refractivity contribution in [2.45, 2.75) is 23.0 Å². The number of rotatable bonds is 3. The lowest BCUT2D eigenvalue weighted by Crippen LogP contribution is -2.19. The smallest absolute Gasteiger partial charge is 0.320 e. The predicted octanol–water partition coefficient (Wildman–Crippen LogP) is 2.64. The Morgan fingerprint density at radius 3 is 2.50 bits per heavy atom. The second kappa shape index (κ2) is 3.31. The fourth-order valence-corrected chi connectivity index (χ4v) is 2.91. The molecular formula is C11H12O2S. The minimum atomic E-state index is -0.682. The molecule has 2 unspecified atom stereocenters. The van der Waals surface area contributed by atoms with E-state index in [1.54, 1.807) is 0 Å². The largest absolute Gasteiger partial charge is 0.480 e. The zero-order valence-corrected chi connectivity index (χ0v) is 8.75. The summed E-state index contributed by atoms with van der Waals surface area (Å²) in [5, 5.41) is 9.11. The van der Waals surface area contributed by atoms with E-state index >= 15 is 0 Å². The monoisotopic (exact) mass is 208 g/mol. The highest BCUT2D eigenvalue weighted by molar-refractivity contribution is 8.01. The second-order valence-electron chi connectivity index (χ2n) is 3.71. The van der Waals surface area contributed by atoms with E-state index in [1.165, 1.54) is 11.8 Å². The van der Waals surface area contributed by atoms with Crippen LogP contribution in [-0.4, -0.2) is 15.8 Å². The molecule has 1 fully saturated rings. The number of carboxylic acids is 1. The maximum Gasteiger partial charge on any atom is 0.320 e. The van der Waals surface area contributed by atoms with Crippen LogP contribution in [0.2, 0.25) is 0 Å². The summed E-state index contributed by atoms with van der Waals surface area (Å²) < 4.78 is -0.554. The van der Waals surface area contributed by atoms with Crippen LogP contribution in [-0.2, 0) is 4.79 Å². The fourth-order valence-electron chi connectivity index (χ4n) is 1.58. The summed E-state index contributed by atoms with van der Waals surface area (Å²) >= 11 is 1.47. The third-order valence-electron chi connectivity index (χ3n) is 2.65. The minimum absolute atomic E-state index is 0.283. The lowest BCUT2D eigenvalue weighted by atomic mass is 10.3. The highest BCUT2D eigenvalue weighted by Crippen LogP contribution is 2.56. The molecule has 0 bridgehead atoms. The van der Waals surface area contributed by atoms with E-state index in [9.17, 15) is 4.79 Å². The van der Waals surface area contributed by atoms with Gasteiger partial charge in [-0.15, -0.1) is 11.8 Å². The van der Waals surface area contributed by atoms with Crippen LogP contribution >= 0.6 is 11.8 Å². The summed E-state index contributed by atoms with van der Waals surface area (Å²) in [6, 6.07) is 9.73. The van der Waals surface area contributed by atoms with Gasteiger partial charge < -0.3 is 5.11 Å². The molecule has 0 radical (unpaired) electrons. The Hall–Kier alpha value is -0.960. The molecule has 0 heterocycles. The van der Waals surface area contributed by atoms with Gasteiger partial charge in [-0.05, 0) is 24.5 Å². The van der Waals surface area contributed by atoms with Crippen LogP contribution < -0.4 is 0 Å². The van der Waals surface area contributed by atoms with Crippen molar-refractivity contribution in [3.8, 4) is 0 Å². The second-order valence-corrected chi connectivity index (χ2v) is 5.12. The number of carbonyl (C=O) groups is 1. The summed E-state index contributed by atoms with van der Waals surface area (Å²) in [6.45, 7) is 1.99. The van der Waals surface area contributed by atoms with E-state index in [4.69, 9.17) is 5.11 Å². The molecular weight excluding hydrogens is 196 g/mol. The zero-order valence-electron chi connectivity index (χ0n) is 7.93. The van der Waals surface area contributed by atoms with Gasteiger partial charge in [-0.2, -0.15) is 0 Å². The van der Waals surface area contributed by atoms with Crippen LogP contribution in [0.4, 0.5) is 0 Å². The molecule has 1 saturated carbocycles. The van der Waals surface area contributed by atoms with Crippen molar-refractivity contribution in [1.29, 1.82) is 0 Å². The molecule has 0 aliphatic heterocycles. The molecule has 74 valence electrons. The van der Waals surface area contributed by atoms with Crippen molar-refractivity contribution in [3.63, 3.8) is 0 Å². The third-order valence-corrected chi connectivity index (χ3v) is 4.27. The Bertz CT molecular complexity index is 350. The van der Waals surface area contributed by atoms with Gasteiger partial charge in [-0.1, -0.05) is 25.1 Å². The first-order chi connectivity index (χ1) is 6.65. The molecule has 1 aliphatic rings. The van der Waals surface area contributed by atoms with Gasteiger partial charge in [0.25, 0.3) is 0 Å². The summed E-state index contributed by atoms with van der Waals surface area (Å²) in [6.07, 6.45) is 0.780. The molecule has 2 rings (SSSR count). The van der Waals surface area contributed by atoms with Crippen molar-refractivity contribution < 1.29 is 9.90 Å². The van der Waals surface area contributed by atoms with Crippen LogP contribution in [0.3, 0.4) is 0 Å². The van der Waals surface area contributed by atoms with Crippen molar-refractivity contribution in [1.82, 2.24) is 0 Å². The molecule has 1 N–H and O–H groups in total. The summed E-state index contributed by atoms with van der Waals surface area (Å²) in [4.78, 5) is 12.1. The zero-order chi connectivity index (χ0) is 10.2. The van der Waals surface area contributed by atoms with Gasteiger partial charge in [-0.25, -0.2) is 0 Å². The van der Waals surface area contributed by atoms with Gasteiger partial charge in [0.15, 0.2) is 0 Å². The summed E-state index contributed by atoms with van der Waals surface area (Å²) in [5.74, 6) is -0.399. The van der Waals surface area contributed by atoms with Gasteiger partial charge in [0.05, 0.1) is 0 Å². The first-order valence-corrected chi connectivity index (χ1v) is 5.44. The average Bonchev–Trinajstić information content (AvgIpc) is 2.80. The van der Waals surface area contributed by atoms with E-state index in [1.807, 2.05) is 37.3 Å². The Morgan fingerprint density at radius 2 is 2.07 bits per heavy atom. The van der Waals surface area contributed by atoms with Crippen LogP contribution in [0.5, 0.6) is 0 Å². The molecule has 0 aromatic heterocycles. The van der Waals surface area contributed by atoms with Crippen LogP contribution in [0, 0.1) is 5.92 Å². The molecule has 3 heteroatoms. The van der Waals surface area contributed by atoms with Crippen molar-refractivity contribution in [3.05, 3.63) is 30.3 Å². The molecule has 2 nitrogen and oxygen atoms in total. The van der Waals surface area contributed by atoms with E-state index in [0.29, 0.717) is 0 Å². The molecule has 1 aromatic carbocycles. The maximum atomic E-state index is 11.1. The highest BCUT2D eigenvalue weighted by atomic mass is 32.2. The quantitative estimate of drug-likeness (QED) is 0.829. The van der Waals surface area contributed by atoms with Crippen LogP contribution in [0.25, 0.3) is 0 Å². The molecule has 14 heavy (non-hydrogen) atoms. The van der Waals surface area contributed by atoms with E-state index in [-0.39, 0.29) is 5.92 Å². The van der Waals surface area contributed by atoms with E-state index in [0.717, 1.165) is 11.3 Å². The Balaban J connectivity index is 2.15. The fraction of sp³-hybridized carbons (Fsp3) is 0.364. The number of hydrogen-bond donors (Lipinski definition) is 1. The topological polar surface area (TPSA) is 37.3 Å². The maximum absolute atomic E-state index is 11.1. The number of carboxylic acid groups (broad SMARTS) is 1. The van der Waals surface area contributed by atoms with Gasteiger partial charge in [0.2, 0.25) is 0 Å². The standard InChI is InChI=1S/C11H12O2S/c1-8-7-11(8,10(12)13)14-9-5-3-2-4-6-9/h2-6,8H,7H2,1H3,(H,12,13). The number of hydrogen-bond acceptors (Lipinski definition) is 2. The predicted molar refractivity (Wildman–Crippen MR) is 56.4 cm³/mol. The normalized spacial score (nSPS) is 29.9. The number of thioether (sulfide) groups is 1. The van der Waals surface area contributed by atoms with Crippen LogP contribution in [0.15, 0.2) is 35.2 Å². The van der Waals surface area contributed by atoms with Gasteiger partial charge >= 0.3 is 5.97 Å². The lowest BCUT2D eigenvalue weighted by molar-refractivity contribution is -0.137. The van der Waals surface area contributed by atoms with Gasteiger partial charge in [-0.3, -0.25) is 4.79 Å². The molecule has 0 saturated heterocycles. The van der Waals surface area contributed by atoms with Gasteiger partial charge in [0, 0.05) is 4.90 Å². The minimum Gasteiger partial charge on any atom is -0.480 e. The number of benzene rings is 1. The summed E-state index contributed by atoms with van der Waals surface area (Å²) in [7, 11) is 0. The Morgan fingerprint density at radius 1 is 1.50 bits per heavy atom. The summed E-state index contributed by atoms with van der Waals surface area (Å²) in [5.41, 5.74) is 0. The molecule has 0 amide bonds. The van der Waals surface area contributed by atoms with Gasteiger partial charge in [0.1, 0.15) is 4.75 Å². The van der Waals surface area contributed by atoms with Crippen LogP contribution in [0.1, 0.15) is 13.3 Å². The Labute approximate surface area is 87.3 Å². The molecule has 1 aromatic rings. The Kier molecular flexibility index (Phi) is 2.27. The van der Waals surface area contributed by atoms with Crippen molar-refractivity contribution in [2.75, 3.05) is 0 Å². The first kappa shape index (κ1) is 9.59. The molecule has 0 spiro atoms. The average molecular weight is 208 g/mol. The molecule has 2 atom stereocenters. The lowest BCUT2D eigenvalue weighted by Gasteiger charge is -2.10. The third kappa shape index (κ3) is 1.52. The SMILES string of the molecule is CC1CC1(Sc1ccccc1)C(=O)O. The highest BCUT2D eigenvalue weighted by Gasteiger charge is 2.58. The van der Waals surface area contributed by atoms with Crippen molar-refractivity contribution >= 4 is 17.7 Å². The molecule has 1 aliphatic carbocycles.